The molecule has 3 nitrogen and oxygen atoms in total. The number of rotatable bonds is 6. The zero-order valence-corrected chi connectivity index (χ0v) is 12.2. The Balaban J connectivity index is 1.94. The van der Waals surface area contributed by atoms with E-state index in [1.165, 1.54) is 5.56 Å². The summed E-state index contributed by atoms with van der Waals surface area (Å²) in [7, 11) is 0. The Labute approximate surface area is 116 Å². The fraction of sp³-hybridized carbons (Fsp3) is 0.357. The van der Waals surface area contributed by atoms with Gasteiger partial charge in [-0.15, -0.1) is 0 Å². The van der Waals surface area contributed by atoms with E-state index in [0.717, 1.165) is 36.2 Å². The summed E-state index contributed by atoms with van der Waals surface area (Å²) < 4.78 is 3.09. The van der Waals surface area contributed by atoms with E-state index < -0.39 is 0 Å². The van der Waals surface area contributed by atoms with Crippen LogP contribution in [0.3, 0.4) is 0 Å². The molecule has 96 valence electrons. The van der Waals surface area contributed by atoms with Gasteiger partial charge >= 0.3 is 0 Å². The third-order valence-corrected chi connectivity index (χ3v) is 3.16. The summed E-state index contributed by atoms with van der Waals surface area (Å²) in [5.74, 6) is 0. The maximum atomic E-state index is 4.55. The molecule has 0 spiro atoms. The van der Waals surface area contributed by atoms with E-state index in [-0.39, 0.29) is 0 Å². The number of halogens is 1. The van der Waals surface area contributed by atoms with Crippen molar-refractivity contribution in [3.05, 3.63) is 52.3 Å². The largest absolute Gasteiger partial charge is 0.311 e. The van der Waals surface area contributed by atoms with Crippen molar-refractivity contribution in [1.29, 1.82) is 0 Å². The van der Waals surface area contributed by atoms with Crippen molar-refractivity contribution < 1.29 is 0 Å². The molecule has 0 fully saturated rings. The molecule has 0 unspecified atom stereocenters. The molecule has 0 saturated heterocycles. The van der Waals surface area contributed by atoms with Crippen molar-refractivity contribution in [2.45, 2.75) is 26.4 Å². The van der Waals surface area contributed by atoms with E-state index >= 15 is 0 Å². The van der Waals surface area contributed by atoms with Crippen LogP contribution in [0, 0.1) is 0 Å². The Morgan fingerprint density at radius 1 is 1.33 bits per heavy atom. The van der Waals surface area contributed by atoms with Crippen LogP contribution >= 0.6 is 15.9 Å². The van der Waals surface area contributed by atoms with Gasteiger partial charge in [0, 0.05) is 17.2 Å². The topological polar surface area (TPSA) is 29.9 Å². The SMILES string of the molecule is CCCNCc1ccn(Cc2cccc(Br)c2)n1. The molecule has 0 radical (unpaired) electrons. The van der Waals surface area contributed by atoms with Gasteiger partial charge in [0.15, 0.2) is 0 Å². The maximum absolute atomic E-state index is 4.55. The van der Waals surface area contributed by atoms with Crippen LogP contribution in [0.15, 0.2) is 41.0 Å². The van der Waals surface area contributed by atoms with Gasteiger partial charge in [0.25, 0.3) is 0 Å². The first-order valence-electron chi connectivity index (χ1n) is 6.25. The lowest BCUT2D eigenvalue weighted by atomic mass is 10.2. The summed E-state index contributed by atoms with van der Waals surface area (Å²) in [6.07, 6.45) is 3.18. The molecule has 2 rings (SSSR count). The van der Waals surface area contributed by atoms with Crippen LogP contribution in [0.25, 0.3) is 0 Å². The van der Waals surface area contributed by atoms with Crippen molar-refractivity contribution in [2.75, 3.05) is 6.54 Å². The van der Waals surface area contributed by atoms with E-state index in [1.54, 1.807) is 0 Å². The average Bonchev–Trinajstić information content (AvgIpc) is 2.77. The third-order valence-electron chi connectivity index (χ3n) is 2.66. The fourth-order valence-electron chi connectivity index (χ4n) is 1.80. The molecule has 0 aliphatic carbocycles. The maximum Gasteiger partial charge on any atom is 0.0762 e. The minimum absolute atomic E-state index is 0.813. The van der Waals surface area contributed by atoms with Crippen LogP contribution < -0.4 is 5.32 Å². The Morgan fingerprint density at radius 3 is 3.00 bits per heavy atom. The number of benzene rings is 1. The average molecular weight is 308 g/mol. The van der Waals surface area contributed by atoms with Crippen LogP contribution in [0.5, 0.6) is 0 Å². The smallest absolute Gasteiger partial charge is 0.0762 e. The van der Waals surface area contributed by atoms with E-state index in [2.05, 4.69) is 51.5 Å². The van der Waals surface area contributed by atoms with Gasteiger partial charge in [0.05, 0.1) is 12.2 Å². The number of nitrogens with one attached hydrogen (secondary N) is 1. The molecule has 0 bridgehead atoms. The van der Waals surface area contributed by atoms with Crippen molar-refractivity contribution in [2.24, 2.45) is 0 Å². The highest BCUT2D eigenvalue weighted by Crippen LogP contribution is 2.12. The Bertz CT molecular complexity index is 493. The van der Waals surface area contributed by atoms with Gasteiger partial charge < -0.3 is 5.32 Å². The minimum atomic E-state index is 0.813. The minimum Gasteiger partial charge on any atom is -0.311 e. The summed E-state index contributed by atoms with van der Waals surface area (Å²) in [5, 5.41) is 7.90. The second kappa shape index (κ2) is 6.71. The molecular weight excluding hydrogens is 290 g/mol. The Kier molecular flexibility index (Phi) is 4.96. The monoisotopic (exact) mass is 307 g/mol. The third kappa shape index (κ3) is 3.96. The molecule has 1 heterocycles. The first kappa shape index (κ1) is 13.3. The van der Waals surface area contributed by atoms with Gasteiger partial charge in [-0.25, -0.2) is 0 Å². The summed E-state index contributed by atoms with van der Waals surface area (Å²) in [4.78, 5) is 0. The fourth-order valence-corrected chi connectivity index (χ4v) is 2.25. The number of hydrogen-bond acceptors (Lipinski definition) is 2. The highest BCUT2D eigenvalue weighted by molar-refractivity contribution is 9.10. The molecule has 0 saturated carbocycles. The summed E-state index contributed by atoms with van der Waals surface area (Å²) in [5.41, 5.74) is 2.35. The highest BCUT2D eigenvalue weighted by atomic mass is 79.9. The van der Waals surface area contributed by atoms with Gasteiger partial charge in [0.1, 0.15) is 0 Å². The van der Waals surface area contributed by atoms with Gasteiger partial charge in [-0.1, -0.05) is 35.0 Å². The molecule has 4 heteroatoms. The second-order valence-electron chi connectivity index (χ2n) is 4.31. The lowest BCUT2D eigenvalue weighted by Crippen LogP contribution is -2.14. The summed E-state index contributed by atoms with van der Waals surface area (Å²) >= 11 is 3.48. The van der Waals surface area contributed by atoms with Crippen molar-refractivity contribution >= 4 is 15.9 Å². The zero-order valence-electron chi connectivity index (χ0n) is 10.6. The number of aromatic nitrogens is 2. The molecule has 1 aromatic carbocycles. The lowest BCUT2D eigenvalue weighted by molar-refractivity contribution is 0.628. The number of nitrogens with zero attached hydrogens (tertiary/aromatic N) is 2. The highest BCUT2D eigenvalue weighted by Gasteiger charge is 2.00. The predicted molar refractivity (Wildman–Crippen MR) is 77.5 cm³/mol. The van der Waals surface area contributed by atoms with Crippen LogP contribution in [0.2, 0.25) is 0 Å². The molecule has 1 aromatic heterocycles. The standard InChI is InChI=1S/C14H18BrN3/c1-2-7-16-10-14-6-8-18(17-14)11-12-4-3-5-13(15)9-12/h3-6,8-9,16H,2,7,10-11H2,1H3. The Morgan fingerprint density at radius 2 is 2.22 bits per heavy atom. The van der Waals surface area contributed by atoms with E-state index in [4.69, 9.17) is 0 Å². The van der Waals surface area contributed by atoms with Gasteiger partial charge in [0.2, 0.25) is 0 Å². The molecule has 18 heavy (non-hydrogen) atoms. The molecule has 0 aliphatic heterocycles. The summed E-state index contributed by atoms with van der Waals surface area (Å²) in [6.45, 7) is 4.86. The first-order chi connectivity index (χ1) is 8.78. The predicted octanol–water partition coefficient (Wildman–Crippen LogP) is 3.19. The molecular formula is C14H18BrN3. The van der Waals surface area contributed by atoms with Gasteiger partial charge in [-0.05, 0) is 36.7 Å². The van der Waals surface area contributed by atoms with Gasteiger partial charge in [-0.2, -0.15) is 5.10 Å². The molecule has 0 atom stereocenters. The quantitative estimate of drug-likeness (QED) is 0.831. The van der Waals surface area contributed by atoms with Crippen molar-refractivity contribution in [1.82, 2.24) is 15.1 Å². The van der Waals surface area contributed by atoms with Crippen LogP contribution in [0.4, 0.5) is 0 Å². The van der Waals surface area contributed by atoms with Crippen LogP contribution in [-0.2, 0) is 13.1 Å². The van der Waals surface area contributed by atoms with E-state index in [1.807, 2.05) is 23.0 Å². The van der Waals surface area contributed by atoms with Crippen molar-refractivity contribution in [3.8, 4) is 0 Å². The van der Waals surface area contributed by atoms with Crippen LogP contribution in [0.1, 0.15) is 24.6 Å². The van der Waals surface area contributed by atoms with Crippen LogP contribution in [-0.4, -0.2) is 16.3 Å². The normalized spacial score (nSPS) is 10.8. The first-order valence-corrected chi connectivity index (χ1v) is 7.04. The summed E-state index contributed by atoms with van der Waals surface area (Å²) in [6, 6.07) is 10.4. The molecule has 2 aromatic rings. The molecule has 0 amide bonds. The zero-order chi connectivity index (χ0) is 12.8. The van der Waals surface area contributed by atoms with E-state index in [0.29, 0.717) is 0 Å². The molecule has 0 aliphatic rings. The molecule has 1 N–H and O–H groups in total. The van der Waals surface area contributed by atoms with E-state index in [9.17, 15) is 0 Å². The van der Waals surface area contributed by atoms with Gasteiger partial charge in [-0.3, -0.25) is 4.68 Å². The Hall–Kier alpha value is -1.13. The van der Waals surface area contributed by atoms with Crippen molar-refractivity contribution in [3.63, 3.8) is 0 Å². The second-order valence-corrected chi connectivity index (χ2v) is 5.23. The lowest BCUT2D eigenvalue weighted by Gasteiger charge is -2.03. The number of hydrogen-bond donors (Lipinski definition) is 1.